The molecule has 0 aliphatic carbocycles. The van der Waals surface area contributed by atoms with E-state index in [2.05, 4.69) is 5.32 Å². The highest BCUT2D eigenvalue weighted by Crippen LogP contribution is 2.10. The summed E-state index contributed by atoms with van der Waals surface area (Å²) in [6.45, 7) is 2.32. The molecule has 110 valence electrons. The maximum Gasteiger partial charge on any atom is 0.251 e. The first-order valence-electron chi connectivity index (χ1n) is 6.50. The predicted molar refractivity (Wildman–Crippen MR) is 81.9 cm³/mol. The van der Waals surface area contributed by atoms with Gasteiger partial charge in [0.2, 0.25) is 0 Å². The summed E-state index contributed by atoms with van der Waals surface area (Å²) in [5.41, 5.74) is 2.55. The molecule has 0 radical (unpaired) electrons. The lowest BCUT2D eigenvalue weighted by molar-refractivity contribution is 0.0951. The molecule has 0 saturated heterocycles. The Balaban J connectivity index is 2.00. The summed E-state index contributed by atoms with van der Waals surface area (Å²) in [4.78, 5) is 12.2. The van der Waals surface area contributed by atoms with Crippen molar-refractivity contribution in [3.8, 4) is 0 Å². The van der Waals surface area contributed by atoms with Gasteiger partial charge in [-0.05, 0) is 36.8 Å². The van der Waals surface area contributed by atoms with Crippen molar-refractivity contribution in [2.24, 2.45) is 0 Å². The predicted octanol–water partition coefficient (Wildman–Crippen LogP) is 2.33. The lowest BCUT2D eigenvalue weighted by Gasteiger charge is -2.06. The topological polar surface area (TPSA) is 63.2 Å². The van der Waals surface area contributed by atoms with Crippen LogP contribution in [-0.2, 0) is 16.4 Å². The second-order valence-electron chi connectivity index (χ2n) is 4.96. The SMILES string of the molecule is Cc1ccc(C(=O)NCc2ccc(S(C)(=O)=O)cc2)cc1. The van der Waals surface area contributed by atoms with E-state index < -0.39 is 9.84 Å². The van der Waals surface area contributed by atoms with Crippen LogP contribution in [0.2, 0.25) is 0 Å². The molecule has 21 heavy (non-hydrogen) atoms. The van der Waals surface area contributed by atoms with Gasteiger partial charge in [0.1, 0.15) is 0 Å². The third-order valence-corrected chi connectivity index (χ3v) is 4.25. The van der Waals surface area contributed by atoms with E-state index in [0.717, 1.165) is 11.1 Å². The summed E-state index contributed by atoms with van der Waals surface area (Å²) in [7, 11) is -3.19. The summed E-state index contributed by atoms with van der Waals surface area (Å²) in [6.07, 6.45) is 1.17. The molecule has 1 N–H and O–H groups in total. The molecule has 0 spiro atoms. The zero-order chi connectivity index (χ0) is 15.5. The number of nitrogens with one attached hydrogen (secondary N) is 1. The molecule has 5 heteroatoms. The molecule has 0 atom stereocenters. The Kier molecular flexibility index (Phi) is 4.43. The van der Waals surface area contributed by atoms with Crippen molar-refractivity contribution in [3.05, 3.63) is 65.2 Å². The number of carbonyl (C=O) groups is 1. The average molecular weight is 303 g/mol. The summed E-state index contributed by atoms with van der Waals surface area (Å²) in [6, 6.07) is 13.8. The second kappa shape index (κ2) is 6.10. The van der Waals surface area contributed by atoms with Crippen LogP contribution in [-0.4, -0.2) is 20.6 Å². The monoisotopic (exact) mass is 303 g/mol. The normalized spacial score (nSPS) is 11.1. The van der Waals surface area contributed by atoms with Gasteiger partial charge in [-0.2, -0.15) is 0 Å². The molecule has 0 aromatic heterocycles. The van der Waals surface area contributed by atoms with E-state index in [1.807, 2.05) is 19.1 Å². The van der Waals surface area contributed by atoms with Crippen molar-refractivity contribution in [2.75, 3.05) is 6.26 Å². The number of hydrogen-bond acceptors (Lipinski definition) is 3. The number of carbonyl (C=O) groups excluding carboxylic acids is 1. The van der Waals surface area contributed by atoms with E-state index in [1.54, 1.807) is 36.4 Å². The van der Waals surface area contributed by atoms with Crippen molar-refractivity contribution in [3.63, 3.8) is 0 Å². The summed E-state index contributed by atoms with van der Waals surface area (Å²) in [5, 5.41) is 2.80. The van der Waals surface area contributed by atoms with E-state index in [-0.39, 0.29) is 10.8 Å². The Morgan fingerprint density at radius 3 is 2.10 bits per heavy atom. The molecule has 0 unspecified atom stereocenters. The molecule has 0 heterocycles. The highest BCUT2D eigenvalue weighted by atomic mass is 32.2. The number of hydrogen-bond donors (Lipinski definition) is 1. The largest absolute Gasteiger partial charge is 0.348 e. The molecule has 2 aromatic rings. The lowest BCUT2D eigenvalue weighted by Crippen LogP contribution is -2.22. The van der Waals surface area contributed by atoms with Gasteiger partial charge >= 0.3 is 0 Å². The number of benzene rings is 2. The minimum Gasteiger partial charge on any atom is -0.348 e. The maximum atomic E-state index is 11.9. The van der Waals surface area contributed by atoms with Crippen molar-refractivity contribution in [1.29, 1.82) is 0 Å². The molecule has 0 fully saturated rings. The summed E-state index contributed by atoms with van der Waals surface area (Å²) < 4.78 is 22.7. The number of amides is 1. The van der Waals surface area contributed by atoms with E-state index in [0.29, 0.717) is 12.1 Å². The maximum absolute atomic E-state index is 11.9. The Hall–Kier alpha value is -2.14. The van der Waals surface area contributed by atoms with Crippen LogP contribution in [0.1, 0.15) is 21.5 Å². The number of sulfone groups is 1. The fourth-order valence-corrected chi connectivity index (χ4v) is 2.47. The number of rotatable bonds is 4. The lowest BCUT2D eigenvalue weighted by atomic mass is 10.1. The van der Waals surface area contributed by atoms with E-state index >= 15 is 0 Å². The van der Waals surface area contributed by atoms with Crippen molar-refractivity contribution in [2.45, 2.75) is 18.4 Å². The fraction of sp³-hybridized carbons (Fsp3) is 0.188. The van der Waals surface area contributed by atoms with Gasteiger partial charge in [0.05, 0.1) is 4.90 Å². The molecule has 1 amide bonds. The number of aryl methyl sites for hydroxylation is 1. The van der Waals surface area contributed by atoms with Gasteiger partial charge in [-0.1, -0.05) is 29.8 Å². The molecule has 0 saturated carbocycles. The highest BCUT2D eigenvalue weighted by molar-refractivity contribution is 7.90. The molecular formula is C16H17NO3S. The van der Waals surface area contributed by atoms with Gasteiger partial charge in [-0.15, -0.1) is 0 Å². The molecule has 4 nitrogen and oxygen atoms in total. The van der Waals surface area contributed by atoms with E-state index in [4.69, 9.17) is 0 Å². The van der Waals surface area contributed by atoms with Crippen LogP contribution in [0.25, 0.3) is 0 Å². The Morgan fingerprint density at radius 1 is 1.00 bits per heavy atom. The zero-order valence-electron chi connectivity index (χ0n) is 12.0. The zero-order valence-corrected chi connectivity index (χ0v) is 12.8. The van der Waals surface area contributed by atoms with Crippen LogP contribution < -0.4 is 5.32 Å². The third-order valence-electron chi connectivity index (χ3n) is 3.12. The fourth-order valence-electron chi connectivity index (χ4n) is 1.84. The van der Waals surface area contributed by atoms with Crippen LogP contribution in [0.3, 0.4) is 0 Å². The standard InChI is InChI=1S/C16H17NO3S/c1-12-3-7-14(8-4-12)16(18)17-11-13-5-9-15(10-6-13)21(2,19)20/h3-10H,11H2,1-2H3,(H,17,18). The first-order valence-corrected chi connectivity index (χ1v) is 8.39. The van der Waals surface area contributed by atoms with Gasteiger partial charge in [0, 0.05) is 18.4 Å². The Morgan fingerprint density at radius 2 is 1.57 bits per heavy atom. The van der Waals surface area contributed by atoms with Gasteiger partial charge in [-0.25, -0.2) is 8.42 Å². The molecule has 0 aliphatic heterocycles. The minimum atomic E-state index is -3.19. The minimum absolute atomic E-state index is 0.151. The summed E-state index contributed by atoms with van der Waals surface area (Å²) in [5.74, 6) is -0.151. The van der Waals surface area contributed by atoms with Crippen LogP contribution in [0.15, 0.2) is 53.4 Å². The van der Waals surface area contributed by atoms with Crippen molar-refractivity contribution < 1.29 is 13.2 Å². The third kappa shape index (κ3) is 4.16. The van der Waals surface area contributed by atoms with Crippen molar-refractivity contribution >= 4 is 15.7 Å². The van der Waals surface area contributed by atoms with Crippen LogP contribution >= 0.6 is 0 Å². The molecule has 2 aromatic carbocycles. The van der Waals surface area contributed by atoms with Gasteiger partial charge in [0.15, 0.2) is 9.84 Å². The van der Waals surface area contributed by atoms with Gasteiger partial charge in [-0.3, -0.25) is 4.79 Å². The van der Waals surface area contributed by atoms with Gasteiger partial charge < -0.3 is 5.32 Å². The smallest absolute Gasteiger partial charge is 0.251 e. The first-order chi connectivity index (χ1) is 9.86. The van der Waals surface area contributed by atoms with E-state index in [9.17, 15) is 13.2 Å². The second-order valence-corrected chi connectivity index (χ2v) is 6.98. The average Bonchev–Trinajstić information content (AvgIpc) is 2.45. The van der Waals surface area contributed by atoms with Crippen LogP contribution in [0.4, 0.5) is 0 Å². The quantitative estimate of drug-likeness (QED) is 0.943. The van der Waals surface area contributed by atoms with Crippen LogP contribution in [0.5, 0.6) is 0 Å². The molecule has 0 aliphatic rings. The Bertz CT molecular complexity index is 732. The Labute approximate surface area is 124 Å². The summed E-state index contributed by atoms with van der Waals surface area (Å²) >= 11 is 0. The molecular weight excluding hydrogens is 286 g/mol. The first kappa shape index (κ1) is 15.3. The van der Waals surface area contributed by atoms with E-state index in [1.165, 1.54) is 6.26 Å². The molecule has 2 rings (SSSR count). The highest BCUT2D eigenvalue weighted by Gasteiger charge is 2.07. The van der Waals surface area contributed by atoms with Crippen LogP contribution in [0, 0.1) is 6.92 Å². The van der Waals surface area contributed by atoms with Gasteiger partial charge in [0.25, 0.3) is 5.91 Å². The molecule has 0 bridgehead atoms. The van der Waals surface area contributed by atoms with Crippen molar-refractivity contribution in [1.82, 2.24) is 5.32 Å².